The zero-order valence-electron chi connectivity index (χ0n) is 11.6. The molecule has 5 nitrogen and oxygen atoms in total. The lowest BCUT2D eigenvalue weighted by atomic mass is 9.98. The Morgan fingerprint density at radius 2 is 2.25 bits per heavy atom. The van der Waals surface area contributed by atoms with Gasteiger partial charge in [0.25, 0.3) is 0 Å². The number of aliphatic carboxylic acids is 1. The number of anilines is 1. The maximum atomic E-state index is 11.2. The van der Waals surface area contributed by atoms with E-state index in [4.69, 9.17) is 0 Å². The fourth-order valence-corrected chi connectivity index (χ4v) is 3.77. The average molecular weight is 291 g/mol. The molecule has 0 saturated carbocycles. The highest BCUT2D eigenvalue weighted by Crippen LogP contribution is 2.35. The predicted molar refractivity (Wildman–Crippen MR) is 79.5 cm³/mol. The molecule has 2 aromatic rings. The number of rotatable bonds is 2. The number of nitrogens with zero attached hydrogens (tertiary/aromatic N) is 3. The predicted octanol–water partition coefficient (Wildman–Crippen LogP) is 2.61. The van der Waals surface area contributed by atoms with Gasteiger partial charge in [0.05, 0.1) is 11.3 Å². The minimum Gasteiger partial charge on any atom is -0.481 e. The molecule has 1 atom stereocenters. The second-order valence-electron chi connectivity index (χ2n) is 5.28. The Balaban J connectivity index is 2.03. The number of carboxylic acid groups (broad SMARTS) is 1. The average Bonchev–Trinajstić information content (AvgIpc) is 2.74. The number of hydrogen-bond donors (Lipinski definition) is 1. The number of aromatic nitrogens is 2. The van der Waals surface area contributed by atoms with E-state index in [1.165, 1.54) is 10.4 Å². The number of piperidine rings is 1. The third kappa shape index (κ3) is 2.14. The molecule has 0 bridgehead atoms. The van der Waals surface area contributed by atoms with E-state index in [2.05, 4.69) is 28.7 Å². The van der Waals surface area contributed by atoms with Crippen LogP contribution in [0.2, 0.25) is 0 Å². The summed E-state index contributed by atoms with van der Waals surface area (Å²) in [6, 6.07) is 0. The van der Waals surface area contributed by atoms with Crippen molar-refractivity contribution in [1.82, 2.24) is 9.97 Å². The molecule has 3 rings (SSSR count). The smallest absolute Gasteiger partial charge is 0.308 e. The standard InChI is InChI=1S/C14H17N3O2S/c1-8-9(2)20-13-11(8)12(15-7-16-13)17-5-3-4-10(6-17)14(18)19/h7,10H,3-6H2,1-2H3,(H,18,19)/t10-/m1/s1. The topological polar surface area (TPSA) is 66.3 Å². The van der Waals surface area contributed by atoms with Gasteiger partial charge in [-0.25, -0.2) is 9.97 Å². The molecule has 0 unspecified atom stereocenters. The number of aryl methyl sites for hydroxylation is 2. The second-order valence-corrected chi connectivity index (χ2v) is 6.49. The van der Waals surface area contributed by atoms with Gasteiger partial charge in [-0.15, -0.1) is 11.3 Å². The minimum absolute atomic E-state index is 0.297. The van der Waals surface area contributed by atoms with E-state index < -0.39 is 5.97 Å². The monoisotopic (exact) mass is 291 g/mol. The van der Waals surface area contributed by atoms with Crippen LogP contribution >= 0.6 is 11.3 Å². The summed E-state index contributed by atoms with van der Waals surface area (Å²) in [5, 5.41) is 10.3. The molecule has 20 heavy (non-hydrogen) atoms. The van der Waals surface area contributed by atoms with Crippen molar-refractivity contribution in [3.8, 4) is 0 Å². The normalized spacial score (nSPS) is 19.5. The molecule has 1 aliphatic heterocycles. The first-order chi connectivity index (χ1) is 9.58. The lowest BCUT2D eigenvalue weighted by molar-refractivity contribution is -0.141. The van der Waals surface area contributed by atoms with E-state index in [9.17, 15) is 9.90 Å². The van der Waals surface area contributed by atoms with Gasteiger partial charge in [-0.3, -0.25) is 4.79 Å². The van der Waals surface area contributed by atoms with Crippen LogP contribution < -0.4 is 4.90 Å². The maximum absolute atomic E-state index is 11.2. The molecule has 0 aliphatic carbocycles. The lowest BCUT2D eigenvalue weighted by Crippen LogP contribution is -2.39. The van der Waals surface area contributed by atoms with Crippen molar-refractivity contribution in [2.24, 2.45) is 5.92 Å². The number of hydrogen-bond acceptors (Lipinski definition) is 5. The summed E-state index contributed by atoms with van der Waals surface area (Å²) in [5.74, 6) is -0.116. The van der Waals surface area contributed by atoms with Crippen LogP contribution in [0.15, 0.2) is 6.33 Å². The summed E-state index contributed by atoms with van der Waals surface area (Å²) in [7, 11) is 0. The Bertz CT molecular complexity index is 668. The number of carbonyl (C=O) groups is 1. The second kappa shape index (κ2) is 5.01. The van der Waals surface area contributed by atoms with Gasteiger partial charge < -0.3 is 10.0 Å². The van der Waals surface area contributed by atoms with Crippen LogP contribution in [-0.2, 0) is 4.79 Å². The summed E-state index contributed by atoms with van der Waals surface area (Å²) < 4.78 is 0. The molecule has 3 heterocycles. The van der Waals surface area contributed by atoms with Crippen molar-refractivity contribution >= 4 is 33.3 Å². The zero-order chi connectivity index (χ0) is 14.3. The van der Waals surface area contributed by atoms with Gasteiger partial charge in [-0.05, 0) is 32.3 Å². The highest BCUT2D eigenvalue weighted by molar-refractivity contribution is 7.18. The van der Waals surface area contributed by atoms with E-state index in [0.717, 1.165) is 35.4 Å². The Labute approximate surface area is 121 Å². The van der Waals surface area contributed by atoms with Crippen molar-refractivity contribution < 1.29 is 9.90 Å². The van der Waals surface area contributed by atoms with Gasteiger partial charge in [0.2, 0.25) is 0 Å². The van der Waals surface area contributed by atoms with E-state index in [1.807, 2.05) is 0 Å². The Morgan fingerprint density at radius 1 is 1.45 bits per heavy atom. The van der Waals surface area contributed by atoms with E-state index >= 15 is 0 Å². The van der Waals surface area contributed by atoms with Crippen LogP contribution in [0.1, 0.15) is 23.3 Å². The van der Waals surface area contributed by atoms with Crippen LogP contribution in [0.5, 0.6) is 0 Å². The van der Waals surface area contributed by atoms with E-state index in [1.54, 1.807) is 17.7 Å². The molecule has 2 aromatic heterocycles. The van der Waals surface area contributed by atoms with E-state index in [0.29, 0.717) is 6.54 Å². The number of thiophene rings is 1. The van der Waals surface area contributed by atoms with Gasteiger partial charge in [0, 0.05) is 18.0 Å². The van der Waals surface area contributed by atoms with Crippen molar-refractivity contribution in [3.63, 3.8) is 0 Å². The third-order valence-electron chi connectivity index (χ3n) is 4.02. The quantitative estimate of drug-likeness (QED) is 0.921. The van der Waals surface area contributed by atoms with Gasteiger partial charge in [-0.2, -0.15) is 0 Å². The number of fused-ring (bicyclic) bond motifs is 1. The molecule has 1 aliphatic rings. The first-order valence-electron chi connectivity index (χ1n) is 6.76. The molecule has 0 spiro atoms. The molecule has 1 fully saturated rings. The molecule has 0 aromatic carbocycles. The highest BCUT2D eigenvalue weighted by atomic mass is 32.1. The molecule has 0 amide bonds. The Morgan fingerprint density at radius 3 is 3.00 bits per heavy atom. The molecular weight excluding hydrogens is 274 g/mol. The van der Waals surface area contributed by atoms with Gasteiger partial charge >= 0.3 is 5.97 Å². The van der Waals surface area contributed by atoms with E-state index in [-0.39, 0.29) is 5.92 Å². The largest absolute Gasteiger partial charge is 0.481 e. The fraction of sp³-hybridized carbons (Fsp3) is 0.500. The first kappa shape index (κ1) is 13.3. The maximum Gasteiger partial charge on any atom is 0.308 e. The Kier molecular flexibility index (Phi) is 3.33. The highest BCUT2D eigenvalue weighted by Gasteiger charge is 2.27. The summed E-state index contributed by atoms with van der Waals surface area (Å²) in [4.78, 5) is 24.3. The minimum atomic E-state index is -0.710. The van der Waals surface area contributed by atoms with Gasteiger partial charge in [-0.1, -0.05) is 0 Å². The van der Waals surface area contributed by atoms with Crippen LogP contribution in [0.25, 0.3) is 10.2 Å². The molecule has 0 radical (unpaired) electrons. The van der Waals surface area contributed by atoms with Gasteiger partial charge in [0.1, 0.15) is 17.0 Å². The molecular formula is C14H17N3O2S. The lowest BCUT2D eigenvalue weighted by Gasteiger charge is -2.32. The zero-order valence-corrected chi connectivity index (χ0v) is 12.4. The summed E-state index contributed by atoms with van der Waals surface area (Å²) >= 11 is 1.67. The summed E-state index contributed by atoms with van der Waals surface area (Å²) in [5.41, 5.74) is 1.21. The van der Waals surface area contributed by atoms with Crippen molar-refractivity contribution in [1.29, 1.82) is 0 Å². The Hall–Kier alpha value is -1.69. The SMILES string of the molecule is Cc1sc2ncnc(N3CCC[C@@H](C(=O)O)C3)c2c1C. The van der Waals surface area contributed by atoms with Crippen molar-refractivity contribution in [2.75, 3.05) is 18.0 Å². The van der Waals surface area contributed by atoms with Crippen molar-refractivity contribution in [3.05, 3.63) is 16.8 Å². The fourth-order valence-electron chi connectivity index (χ4n) is 2.77. The summed E-state index contributed by atoms with van der Waals surface area (Å²) in [6.07, 6.45) is 3.23. The summed E-state index contributed by atoms with van der Waals surface area (Å²) in [6.45, 7) is 5.57. The van der Waals surface area contributed by atoms with Gasteiger partial charge in [0.15, 0.2) is 0 Å². The van der Waals surface area contributed by atoms with Crippen LogP contribution in [0.4, 0.5) is 5.82 Å². The molecule has 106 valence electrons. The van der Waals surface area contributed by atoms with Crippen LogP contribution in [0, 0.1) is 19.8 Å². The third-order valence-corrected chi connectivity index (χ3v) is 5.13. The number of carboxylic acids is 1. The van der Waals surface area contributed by atoms with Crippen LogP contribution in [0.3, 0.4) is 0 Å². The molecule has 6 heteroatoms. The molecule has 1 saturated heterocycles. The first-order valence-corrected chi connectivity index (χ1v) is 7.58. The molecule has 1 N–H and O–H groups in total. The van der Waals surface area contributed by atoms with Crippen LogP contribution in [-0.4, -0.2) is 34.1 Å². The van der Waals surface area contributed by atoms with Crippen molar-refractivity contribution in [2.45, 2.75) is 26.7 Å².